The Morgan fingerprint density at radius 1 is 0.833 bits per heavy atom. The molecule has 1 saturated carbocycles. The van der Waals surface area contributed by atoms with Crippen molar-refractivity contribution in [3.8, 4) is 17.2 Å². The van der Waals surface area contributed by atoms with Gasteiger partial charge in [-0.1, -0.05) is 71.8 Å². The SMILES string of the molecule is O=C(O)c1ccc(N2C(=O)C3CC=C4C(CC5C(=O)N(Nc6ccc(F)cc6)C(=O)C5(c5ccc(Cl)cc5)C4c4ccc(OCc5ccccc5)cc4O)C3C2=O)cc1O. The summed E-state index contributed by atoms with van der Waals surface area (Å²) in [6.07, 6.45) is 1.82. The van der Waals surface area contributed by atoms with Crippen molar-refractivity contribution in [1.82, 2.24) is 5.01 Å². The smallest absolute Gasteiger partial charge is 0.339 e. The van der Waals surface area contributed by atoms with Crippen LogP contribution >= 0.6 is 11.6 Å². The van der Waals surface area contributed by atoms with Crippen LogP contribution in [0.5, 0.6) is 17.2 Å². The maximum Gasteiger partial charge on any atom is 0.339 e. The molecule has 4 aliphatic rings. The normalized spacial score (nSPS) is 24.4. The van der Waals surface area contributed by atoms with Crippen LogP contribution in [0.25, 0.3) is 0 Å². The van der Waals surface area contributed by atoms with Gasteiger partial charge in [0.25, 0.3) is 11.8 Å². The molecule has 5 aromatic carbocycles. The summed E-state index contributed by atoms with van der Waals surface area (Å²) in [5.41, 5.74) is 3.12. The third kappa shape index (κ3) is 6.07. The number of anilines is 2. The lowest BCUT2D eigenvalue weighted by molar-refractivity contribution is -0.138. The topological polar surface area (TPSA) is 174 Å². The number of nitrogens with zero attached hydrogens (tertiary/aromatic N) is 2. The number of phenols is 2. The zero-order valence-corrected chi connectivity index (χ0v) is 32.3. The third-order valence-corrected chi connectivity index (χ3v) is 12.5. The number of aromatic carboxylic acids is 1. The number of carboxylic acids is 1. The van der Waals surface area contributed by atoms with Gasteiger partial charge in [-0.3, -0.25) is 24.6 Å². The molecule has 0 radical (unpaired) electrons. The summed E-state index contributed by atoms with van der Waals surface area (Å²) in [4.78, 5) is 71.7. The number of aromatic hydroxyl groups is 2. The lowest BCUT2D eigenvalue weighted by Gasteiger charge is -2.50. The Morgan fingerprint density at radius 2 is 1.57 bits per heavy atom. The average Bonchev–Trinajstić information content (AvgIpc) is 3.62. The van der Waals surface area contributed by atoms with Gasteiger partial charge in [-0.05, 0) is 84.5 Å². The number of carbonyl (C=O) groups excluding carboxylic acids is 4. The van der Waals surface area contributed by atoms with Gasteiger partial charge >= 0.3 is 5.97 Å². The number of allylic oxidation sites excluding steroid dienone is 2. The van der Waals surface area contributed by atoms with E-state index in [4.69, 9.17) is 16.3 Å². The first-order valence-corrected chi connectivity index (χ1v) is 19.6. The van der Waals surface area contributed by atoms with Crippen molar-refractivity contribution in [2.24, 2.45) is 23.7 Å². The predicted molar refractivity (Wildman–Crippen MR) is 215 cm³/mol. The van der Waals surface area contributed by atoms with Crippen LogP contribution < -0.4 is 15.1 Å². The number of fused-ring (bicyclic) bond motifs is 4. The van der Waals surface area contributed by atoms with Crippen LogP contribution in [0.3, 0.4) is 0 Å². The van der Waals surface area contributed by atoms with Crippen LogP contribution in [-0.4, -0.2) is 49.9 Å². The van der Waals surface area contributed by atoms with E-state index in [9.17, 15) is 38.9 Å². The maximum absolute atomic E-state index is 15.4. The Labute approximate surface area is 347 Å². The quantitative estimate of drug-likeness (QED) is 0.0869. The summed E-state index contributed by atoms with van der Waals surface area (Å²) >= 11 is 6.39. The van der Waals surface area contributed by atoms with Crippen LogP contribution in [-0.2, 0) is 31.2 Å². The van der Waals surface area contributed by atoms with E-state index in [-0.39, 0.29) is 42.1 Å². The second-order valence-electron chi connectivity index (χ2n) is 15.4. The highest BCUT2D eigenvalue weighted by atomic mass is 35.5. The molecular weight excluding hydrogens is 793 g/mol. The number of nitrogens with one attached hydrogen (secondary N) is 1. The number of ether oxygens (including phenoxy) is 1. The van der Waals surface area contributed by atoms with E-state index in [1.807, 2.05) is 36.4 Å². The van der Waals surface area contributed by atoms with Gasteiger partial charge in [-0.25, -0.2) is 14.1 Å². The minimum atomic E-state index is -1.74. The number of rotatable bonds is 9. The molecule has 0 aromatic heterocycles. The summed E-state index contributed by atoms with van der Waals surface area (Å²) in [6.45, 7) is 0.205. The Balaban J connectivity index is 1.19. The van der Waals surface area contributed by atoms with E-state index in [1.54, 1.807) is 36.4 Å². The lowest BCUT2D eigenvalue weighted by Crippen LogP contribution is -2.53. The Bertz CT molecular complexity index is 2640. The van der Waals surface area contributed by atoms with E-state index in [0.29, 0.717) is 21.9 Å². The lowest BCUT2D eigenvalue weighted by atomic mass is 9.49. The van der Waals surface area contributed by atoms with E-state index >= 15 is 4.79 Å². The number of hydrogen-bond acceptors (Lipinski definition) is 9. The largest absolute Gasteiger partial charge is 0.508 e. The molecule has 6 atom stereocenters. The fourth-order valence-electron chi connectivity index (χ4n) is 9.69. The molecular formula is C46H35ClFN3O9. The Morgan fingerprint density at radius 3 is 2.25 bits per heavy atom. The summed E-state index contributed by atoms with van der Waals surface area (Å²) in [6, 6.07) is 29.3. The van der Waals surface area contributed by atoms with Gasteiger partial charge in [0, 0.05) is 28.6 Å². The number of imide groups is 2. The molecule has 302 valence electrons. The summed E-state index contributed by atoms with van der Waals surface area (Å²) < 4.78 is 20.0. The highest BCUT2D eigenvalue weighted by Crippen LogP contribution is 2.65. The average molecular weight is 828 g/mol. The molecule has 6 unspecified atom stereocenters. The minimum Gasteiger partial charge on any atom is -0.508 e. The standard InChI is InChI=1S/C46H35ClFN3O9/c47-26-8-6-25(7-9-26)46-36(42(55)51(45(46)59)49-28-12-10-27(48)11-13-28)22-35-31(40(46)32-17-15-30(21-38(32)53)60-23-24-4-2-1-3-5-24)18-19-34-39(35)43(56)50(41(34)54)29-14-16-33(44(57)58)37(52)20-29/h1-18,20-21,34-36,39-40,49,52-53H,19,22-23H2,(H,57,58). The Hall–Kier alpha value is -6.99. The molecule has 0 spiro atoms. The van der Waals surface area contributed by atoms with Crippen LogP contribution in [0.2, 0.25) is 5.02 Å². The fourth-order valence-corrected chi connectivity index (χ4v) is 9.82. The number of hydrazine groups is 1. The van der Waals surface area contributed by atoms with Gasteiger partial charge < -0.3 is 20.1 Å². The molecule has 14 heteroatoms. The van der Waals surface area contributed by atoms with Crippen molar-refractivity contribution in [2.45, 2.75) is 30.8 Å². The molecule has 2 aliphatic carbocycles. The molecule has 2 aliphatic heterocycles. The zero-order valence-electron chi connectivity index (χ0n) is 31.5. The van der Waals surface area contributed by atoms with Gasteiger partial charge in [0.1, 0.15) is 35.2 Å². The summed E-state index contributed by atoms with van der Waals surface area (Å²) in [5.74, 6) is -9.92. The molecule has 12 nitrogen and oxygen atoms in total. The van der Waals surface area contributed by atoms with Crippen molar-refractivity contribution in [2.75, 3.05) is 10.3 Å². The number of benzene rings is 5. The second kappa shape index (κ2) is 14.7. The summed E-state index contributed by atoms with van der Waals surface area (Å²) in [7, 11) is 0. The van der Waals surface area contributed by atoms with Crippen LogP contribution in [0.4, 0.5) is 15.8 Å². The predicted octanol–water partition coefficient (Wildman–Crippen LogP) is 7.36. The molecule has 2 saturated heterocycles. The number of phenolic OH excluding ortho intramolecular Hbond substituents is 1. The van der Waals surface area contributed by atoms with E-state index in [1.165, 1.54) is 36.4 Å². The zero-order chi connectivity index (χ0) is 42.0. The number of hydrogen-bond donors (Lipinski definition) is 4. The summed E-state index contributed by atoms with van der Waals surface area (Å²) in [5, 5.41) is 33.3. The second-order valence-corrected chi connectivity index (χ2v) is 15.8. The molecule has 2 heterocycles. The number of amides is 4. The van der Waals surface area contributed by atoms with Crippen molar-refractivity contribution in [3.05, 3.63) is 160 Å². The minimum absolute atomic E-state index is 0.0168. The van der Waals surface area contributed by atoms with Crippen LogP contribution in [0.15, 0.2) is 127 Å². The maximum atomic E-state index is 15.4. The first-order chi connectivity index (χ1) is 28.9. The molecule has 60 heavy (non-hydrogen) atoms. The van der Waals surface area contributed by atoms with Gasteiger partial charge in [0.2, 0.25) is 11.8 Å². The number of halogens is 2. The van der Waals surface area contributed by atoms with Gasteiger partial charge in [0.15, 0.2) is 0 Å². The fraction of sp³-hybridized carbons (Fsp3) is 0.196. The Kier molecular flexibility index (Phi) is 9.43. The van der Waals surface area contributed by atoms with E-state index in [2.05, 4.69) is 5.43 Å². The molecule has 4 amide bonds. The van der Waals surface area contributed by atoms with Crippen molar-refractivity contribution < 1.29 is 48.4 Å². The van der Waals surface area contributed by atoms with Crippen LogP contribution in [0.1, 0.15) is 45.8 Å². The van der Waals surface area contributed by atoms with Crippen molar-refractivity contribution >= 4 is 52.6 Å². The molecule has 4 N–H and O–H groups in total. The molecule has 9 rings (SSSR count). The highest BCUT2D eigenvalue weighted by molar-refractivity contribution is 6.30. The van der Waals surface area contributed by atoms with Crippen molar-refractivity contribution in [3.63, 3.8) is 0 Å². The third-order valence-electron chi connectivity index (χ3n) is 12.3. The number of carbonyl (C=O) groups is 5. The van der Waals surface area contributed by atoms with E-state index < -0.39 is 81.7 Å². The first-order valence-electron chi connectivity index (χ1n) is 19.2. The van der Waals surface area contributed by atoms with Gasteiger partial charge in [-0.2, -0.15) is 5.01 Å². The van der Waals surface area contributed by atoms with Gasteiger partial charge in [0.05, 0.1) is 34.5 Å². The molecule has 3 fully saturated rings. The van der Waals surface area contributed by atoms with E-state index in [0.717, 1.165) is 27.6 Å². The molecule has 5 aromatic rings. The first kappa shape index (κ1) is 38.5. The van der Waals surface area contributed by atoms with Gasteiger partial charge in [-0.15, -0.1) is 0 Å². The van der Waals surface area contributed by atoms with Crippen molar-refractivity contribution in [1.29, 1.82) is 0 Å². The van der Waals surface area contributed by atoms with Crippen LogP contribution in [0, 0.1) is 29.5 Å². The highest BCUT2D eigenvalue weighted by Gasteiger charge is 2.70. The number of carboxylic acid groups (broad SMARTS) is 1. The monoisotopic (exact) mass is 827 g/mol. The molecule has 0 bridgehead atoms.